The quantitative estimate of drug-likeness (QED) is 0.833. The van der Waals surface area contributed by atoms with Gasteiger partial charge < -0.3 is 10.1 Å². The highest BCUT2D eigenvalue weighted by Gasteiger charge is 2.40. The van der Waals surface area contributed by atoms with Crippen LogP contribution in [0.25, 0.3) is 0 Å². The smallest absolute Gasteiger partial charge is 0.309 e. The molecule has 0 saturated heterocycles. The number of amides is 1. The van der Waals surface area contributed by atoms with Crippen LogP contribution in [-0.4, -0.2) is 18.5 Å². The first-order chi connectivity index (χ1) is 9.10. The van der Waals surface area contributed by atoms with Crippen molar-refractivity contribution in [3.05, 3.63) is 29.8 Å². The molecule has 0 radical (unpaired) electrons. The lowest BCUT2D eigenvalue weighted by molar-refractivity contribution is -0.148. The summed E-state index contributed by atoms with van der Waals surface area (Å²) in [5.41, 5.74) is 1.09. The van der Waals surface area contributed by atoms with Crippen molar-refractivity contribution in [2.75, 3.05) is 11.9 Å². The number of hydrogen-bond acceptors (Lipinski definition) is 4. The molecule has 19 heavy (non-hydrogen) atoms. The number of nitrogens with one attached hydrogen (secondary N) is 1. The summed E-state index contributed by atoms with van der Waals surface area (Å²) in [5, 5.41) is 11.2. The van der Waals surface area contributed by atoms with Gasteiger partial charge in [0.15, 0.2) is 6.61 Å². The molecular formula is C14H14N2O3. The van der Waals surface area contributed by atoms with Crippen LogP contribution in [0.15, 0.2) is 24.3 Å². The molecule has 98 valence electrons. The predicted octanol–water partition coefficient (Wildman–Crippen LogP) is 1.70. The summed E-state index contributed by atoms with van der Waals surface area (Å²) in [7, 11) is 0. The fourth-order valence-corrected chi connectivity index (χ4v) is 1.72. The van der Waals surface area contributed by atoms with E-state index in [1.54, 1.807) is 24.3 Å². The van der Waals surface area contributed by atoms with Crippen molar-refractivity contribution in [1.82, 2.24) is 0 Å². The molecule has 0 aromatic heterocycles. The van der Waals surface area contributed by atoms with Crippen LogP contribution in [0.3, 0.4) is 0 Å². The minimum atomic E-state index is -0.383. The largest absolute Gasteiger partial charge is 0.455 e. The van der Waals surface area contributed by atoms with Crippen LogP contribution in [0.5, 0.6) is 0 Å². The highest BCUT2D eigenvalue weighted by Crippen LogP contribution is 2.38. The number of esters is 1. The number of rotatable bonds is 4. The molecule has 1 aliphatic carbocycles. The number of carbonyl (C=O) groups excluding carboxylic acids is 2. The fraction of sp³-hybridized carbons (Fsp3) is 0.357. The van der Waals surface area contributed by atoms with Crippen molar-refractivity contribution in [3.8, 4) is 6.07 Å². The van der Waals surface area contributed by atoms with Gasteiger partial charge in [-0.3, -0.25) is 9.59 Å². The zero-order chi connectivity index (χ0) is 13.8. The van der Waals surface area contributed by atoms with Crippen LogP contribution < -0.4 is 5.32 Å². The molecule has 1 amide bonds. The Kier molecular flexibility index (Phi) is 3.81. The van der Waals surface area contributed by atoms with Crippen LogP contribution >= 0.6 is 0 Å². The summed E-state index contributed by atoms with van der Waals surface area (Å²) < 4.78 is 4.91. The first-order valence-corrected chi connectivity index (χ1v) is 6.07. The zero-order valence-corrected chi connectivity index (χ0v) is 10.6. The summed E-state index contributed by atoms with van der Waals surface area (Å²) in [4.78, 5) is 23.0. The van der Waals surface area contributed by atoms with Gasteiger partial charge in [-0.1, -0.05) is 6.92 Å². The molecular weight excluding hydrogens is 244 g/mol. The summed E-state index contributed by atoms with van der Waals surface area (Å²) in [6.45, 7) is 1.70. The molecule has 1 aromatic carbocycles. The van der Waals surface area contributed by atoms with Crippen molar-refractivity contribution >= 4 is 17.6 Å². The van der Waals surface area contributed by atoms with Gasteiger partial charge in [-0.25, -0.2) is 0 Å². The Bertz CT molecular complexity index is 531. The van der Waals surface area contributed by atoms with E-state index < -0.39 is 0 Å². The minimum Gasteiger partial charge on any atom is -0.455 e. The highest BCUT2D eigenvalue weighted by atomic mass is 16.5. The molecule has 0 spiro atoms. The average molecular weight is 258 g/mol. The number of hydrogen-bond donors (Lipinski definition) is 1. The van der Waals surface area contributed by atoms with Gasteiger partial charge in [-0.05, 0) is 36.6 Å². The number of ether oxygens (including phenoxy) is 1. The molecule has 2 atom stereocenters. The van der Waals surface area contributed by atoms with E-state index in [2.05, 4.69) is 5.32 Å². The van der Waals surface area contributed by atoms with Gasteiger partial charge in [0.2, 0.25) is 0 Å². The second kappa shape index (κ2) is 5.53. The molecule has 1 aromatic rings. The molecule has 0 bridgehead atoms. The number of benzene rings is 1. The lowest BCUT2D eigenvalue weighted by atomic mass is 10.2. The van der Waals surface area contributed by atoms with Crippen molar-refractivity contribution < 1.29 is 14.3 Å². The molecule has 0 unspecified atom stereocenters. The molecule has 1 fully saturated rings. The maximum Gasteiger partial charge on any atom is 0.309 e. The van der Waals surface area contributed by atoms with Crippen molar-refractivity contribution in [2.24, 2.45) is 11.8 Å². The van der Waals surface area contributed by atoms with E-state index in [-0.39, 0.29) is 24.4 Å². The van der Waals surface area contributed by atoms with Crippen LogP contribution in [0.4, 0.5) is 5.69 Å². The monoisotopic (exact) mass is 258 g/mol. The normalized spacial score (nSPS) is 20.2. The molecule has 1 saturated carbocycles. The third-order valence-electron chi connectivity index (χ3n) is 3.06. The third-order valence-corrected chi connectivity index (χ3v) is 3.06. The van der Waals surface area contributed by atoms with Crippen LogP contribution in [0.1, 0.15) is 18.9 Å². The Hall–Kier alpha value is -2.35. The van der Waals surface area contributed by atoms with Gasteiger partial charge >= 0.3 is 5.97 Å². The van der Waals surface area contributed by atoms with E-state index in [1.807, 2.05) is 13.0 Å². The van der Waals surface area contributed by atoms with Gasteiger partial charge in [0, 0.05) is 5.69 Å². The van der Waals surface area contributed by atoms with Crippen molar-refractivity contribution in [2.45, 2.75) is 13.3 Å². The Balaban J connectivity index is 1.77. The lowest BCUT2D eigenvalue weighted by Crippen LogP contribution is -2.21. The lowest BCUT2D eigenvalue weighted by Gasteiger charge is -2.06. The number of anilines is 1. The minimum absolute atomic E-state index is 0.0392. The van der Waals surface area contributed by atoms with Gasteiger partial charge in [-0.2, -0.15) is 5.26 Å². The van der Waals surface area contributed by atoms with E-state index in [4.69, 9.17) is 10.00 Å². The maximum atomic E-state index is 11.5. The van der Waals surface area contributed by atoms with E-state index in [9.17, 15) is 9.59 Å². The fourth-order valence-electron chi connectivity index (χ4n) is 1.72. The SMILES string of the molecule is C[C@H]1C[C@H]1C(=O)OCC(=O)Nc1ccc(C#N)cc1. The molecule has 5 nitrogen and oxygen atoms in total. The van der Waals surface area contributed by atoms with Crippen molar-refractivity contribution in [3.63, 3.8) is 0 Å². The molecule has 0 aliphatic heterocycles. The second-order valence-corrected chi connectivity index (χ2v) is 4.66. The van der Waals surface area contributed by atoms with Gasteiger partial charge in [0.25, 0.3) is 5.91 Å². The summed E-state index contributed by atoms with van der Waals surface area (Å²) in [6, 6.07) is 8.45. The van der Waals surface area contributed by atoms with Gasteiger partial charge in [-0.15, -0.1) is 0 Å². The van der Waals surface area contributed by atoms with E-state index >= 15 is 0 Å². The topological polar surface area (TPSA) is 79.2 Å². The molecule has 0 heterocycles. The van der Waals surface area contributed by atoms with Gasteiger partial charge in [0.1, 0.15) is 0 Å². The summed E-state index contributed by atoms with van der Waals surface area (Å²) >= 11 is 0. The van der Waals surface area contributed by atoms with Crippen molar-refractivity contribution in [1.29, 1.82) is 5.26 Å². The second-order valence-electron chi connectivity index (χ2n) is 4.66. The van der Waals surface area contributed by atoms with Crippen LogP contribution in [-0.2, 0) is 14.3 Å². The Morgan fingerprint density at radius 2 is 2.05 bits per heavy atom. The molecule has 1 N–H and O–H groups in total. The molecule has 1 aliphatic rings. The van der Waals surface area contributed by atoms with Gasteiger partial charge in [0.05, 0.1) is 17.6 Å². The first-order valence-electron chi connectivity index (χ1n) is 6.07. The third kappa shape index (κ3) is 3.55. The average Bonchev–Trinajstić information content (AvgIpc) is 3.14. The summed E-state index contributed by atoms with van der Waals surface area (Å²) in [5.74, 6) is -0.356. The van der Waals surface area contributed by atoms with E-state index in [0.29, 0.717) is 17.2 Å². The van der Waals surface area contributed by atoms with Crippen LogP contribution in [0.2, 0.25) is 0 Å². The number of carbonyl (C=O) groups is 2. The first kappa shape index (κ1) is 13.1. The Labute approximate surface area is 111 Å². The van der Waals surface area contributed by atoms with E-state index in [1.165, 1.54) is 0 Å². The Morgan fingerprint density at radius 3 is 2.58 bits per heavy atom. The van der Waals surface area contributed by atoms with Crippen LogP contribution in [0, 0.1) is 23.2 Å². The summed E-state index contributed by atoms with van der Waals surface area (Å²) in [6.07, 6.45) is 0.843. The van der Waals surface area contributed by atoms with E-state index in [0.717, 1.165) is 6.42 Å². The Morgan fingerprint density at radius 1 is 1.42 bits per heavy atom. The molecule has 5 heteroatoms. The number of nitriles is 1. The maximum absolute atomic E-state index is 11.5. The standard InChI is InChI=1S/C14H14N2O3/c1-9-6-12(9)14(18)19-8-13(17)16-11-4-2-10(7-15)3-5-11/h2-5,9,12H,6,8H2,1H3,(H,16,17)/t9-,12+/m0/s1. The zero-order valence-electron chi connectivity index (χ0n) is 10.6. The number of nitrogens with zero attached hydrogens (tertiary/aromatic N) is 1. The highest BCUT2D eigenvalue weighted by molar-refractivity contribution is 5.93. The predicted molar refractivity (Wildman–Crippen MR) is 68.0 cm³/mol. The molecule has 2 rings (SSSR count).